The van der Waals surface area contributed by atoms with Gasteiger partial charge in [-0.2, -0.15) is 0 Å². The van der Waals surface area contributed by atoms with E-state index in [-0.39, 0.29) is 36.6 Å². The summed E-state index contributed by atoms with van der Waals surface area (Å²) in [4.78, 5) is 23.6. The summed E-state index contributed by atoms with van der Waals surface area (Å²) in [6.07, 6.45) is 1.25. The van der Waals surface area contributed by atoms with Crippen molar-refractivity contribution >= 4 is 40.6 Å². The molecule has 4 heterocycles. The van der Waals surface area contributed by atoms with Gasteiger partial charge in [-0.05, 0) is 38.9 Å². The van der Waals surface area contributed by atoms with Crippen molar-refractivity contribution in [2.24, 2.45) is 0 Å². The highest BCUT2D eigenvalue weighted by atomic mass is 35.5. The van der Waals surface area contributed by atoms with Crippen molar-refractivity contribution in [2.75, 3.05) is 29.9 Å². The number of carbonyl (C=O) groups excluding carboxylic acids is 1. The van der Waals surface area contributed by atoms with Crippen molar-refractivity contribution in [1.29, 1.82) is 0 Å². The topological polar surface area (TPSA) is 79.4 Å². The van der Waals surface area contributed by atoms with E-state index in [9.17, 15) is 4.79 Å². The zero-order valence-corrected chi connectivity index (χ0v) is 17.0. The van der Waals surface area contributed by atoms with Crippen LogP contribution in [0.1, 0.15) is 20.3 Å². The smallest absolute Gasteiger partial charge is 0.243 e. The van der Waals surface area contributed by atoms with Crippen LogP contribution < -0.4 is 15.5 Å². The number of ether oxygens (including phenoxy) is 1. The van der Waals surface area contributed by atoms with Crippen LogP contribution in [0.15, 0.2) is 23.6 Å². The SMILES string of the molecule is C[C@@H]1CN(c2cccc(-c3csc(NC(=O)[C@@H]4CCN4)n3)n2)C[C@H](C)O1.Cl. The third-order valence-corrected chi connectivity index (χ3v) is 5.37. The summed E-state index contributed by atoms with van der Waals surface area (Å²) in [5.41, 5.74) is 1.59. The summed E-state index contributed by atoms with van der Waals surface area (Å²) in [6.45, 7) is 6.72. The molecule has 3 atom stereocenters. The van der Waals surface area contributed by atoms with Gasteiger partial charge in [-0.1, -0.05) is 6.07 Å². The van der Waals surface area contributed by atoms with E-state index in [0.717, 1.165) is 43.3 Å². The van der Waals surface area contributed by atoms with Crippen molar-refractivity contribution in [3.63, 3.8) is 0 Å². The number of aromatic nitrogens is 2. The van der Waals surface area contributed by atoms with Gasteiger partial charge in [-0.25, -0.2) is 9.97 Å². The number of nitrogens with zero attached hydrogens (tertiary/aromatic N) is 3. The molecular formula is C18H24ClN5O2S. The second kappa shape index (κ2) is 8.52. The van der Waals surface area contributed by atoms with Gasteiger partial charge < -0.3 is 20.3 Å². The lowest BCUT2D eigenvalue weighted by Crippen LogP contribution is -2.50. The molecule has 2 N–H and O–H groups in total. The number of thiazole rings is 1. The molecular weight excluding hydrogens is 386 g/mol. The summed E-state index contributed by atoms with van der Waals surface area (Å²) in [5, 5.41) is 8.51. The average molecular weight is 410 g/mol. The molecule has 146 valence electrons. The number of rotatable bonds is 4. The first kappa shape index (κ1) is 20.0. The number of carbonyl (C=O) groups is 1. The molecule has 4 rings (SSSR count). The van der Waals surface area contributed by atoms with Crippen molar-refractivity contribution in [1.82, 2.24) is 15.3 Å². The molecule has 2 saturated heterocycles. The number of anilines is 2. The fourth-order valence-electron chi connectivity index (χ4n) is 3.26. The fraction of sp³-hybridized carbons (Fsp3) is 0.500. The molecule has 1 amide bonds. The van der Waals surface area contributed by atoms with E-state index in [1.807, 2.05) is 23.6 Å². The van der Waals surface area contributed by atoms with Gasteiger partial charge in [0.05, 0.1) is 23.9 Å². The summed E-state index contributed by atoms with van der Waals surface area (Å²) in [5.74, 6) is 0.914. The number of pyridine rings is 1. The van der Waals surface area contributed by atoms with E-state index in [1.54, 1.807) is 0 Å². The largest absolute Gasteiger partial charge is 0.372 e. The van der Waals surface area contributed by atoms with Crippen LogP contribution in [0.5, 0.6) is 0 Å². The second-order valence-electron chi connectivity index (χ2n) is 6.87. The Bertz CT molecular complexity index is 788. The molecule has 0 spiro atoms. The van der Waals surface area contributed by atoms with Gasteiger partial charge in [-0.3, -0.25) is 4.79 Å². The van der Waals surface area contributed by atoms with Gasteiger partial charge in [0.1, 0.15) is 11.5 Å². The number of morpholine rings is 1. The maximum Gasteiger partial charge on any atom is 0.243 e. The zero-order chi connectivity index (χ0) is 18.1. The standard InChI is InChI=1S/C18H23N5O2S.ClH/c1-11-8-23(9-12(2)25-11)16-5-3-4-13(20-16)15-10-26-18(21-15)22-17(24)14-6-7-19-14;/h3-5,10-12,14,19H,6-9H2,1-2H3,(H,21,22,24);1H/t11-,12+,14-;/m0./s1. The third kappa shape index (κ3) is 4.57. The Hall–Kier alpha value is -1.74. The van der Waals surface area contributed by atoms with E-state index in [4.69, 9.17) is 9.72 Å². The first-order chi connectivity index (χ1) is 12.6. The van der Waals surface area contributed by atoms with E-state index >= 15 is 0 Å². The Morgan fingerprint density at radius 1 is 1.26 bits per heavy atom. The number of halogens is 1. The minimum absolute atomic E-state index is 0. The van der Waals surface area contributed by atoms with Gasteiger partial charge in [0.25, 0.3) is 0 Å². The van der Waals surface area contributed by atoms with E-state index < -0.39 is 0 Å². The highest BCUT2D eigenvalue weighted by Gasteiger charge is 2.25. The Balaban J connectivity index is 0.00000210. The van der Waals surface area contributed by atoms with Crippen molar-refractivity contribution in [3.8, 4) is 11.4 Å². The molecule has 0 radical (unpaired) electrons. The molecule has 2 fully saturated rings. The first-order valence-electron chi connectivity index (χ1n) is 8.96. The number of nitrogens with one attached hydrogen (secondary N) is 2. The quantitative estimate of drug-likeness (QED) is 0.807. The highest BCUT2D eigenvalue weighted by molar-refractivity contribution is 7.14. The molecule has 0 unspecified atom stereocenters. The van der Waals surface area contributed by atoms with Crippen molar-refractivity contribution in [3.05, 3.63) is 23.6 Å². The minimum atomic E-state index is -0.0888. The Morgan fingerprint density at radius 2 is 2.00 bits per heavy atom. The number of hydrogen-bond donors (Lipinski definition) is 2. The number of amides is 1. The van der Waals surface area contributed by atoms with Crippen LogP contribution in [-0.2, 0) is 9.53 Å². The Labute approximate surface area is 168 Å². The Kier molecular flexibility index (Phi) is 6.31. The second-order valence-corrected chi connectivity index (χ2v) is 7.72. The van der Waals surface area contributed by atoms with Gasteiger partial charge in [0, 0.05) is 18.5 Å². The molecule has 2 aromatic heterocycles. The monoisotopic (exact) mass is 409 g/mol. The van der Waals surface area contributed by atoms with Crippen LogP contribution in [-0.4, -0.2) is 53.8 Å². The highest BCUT2D eigenvalue weighted by Crippen LogP contribution is 2.26. The van der Waals surface area contributed by atoms with Gasteiger partial charge in [-0.15, -0.1) is 23.7 Å². The van der Waals surface area contributed by atoms with E-state index in [2.05, 4.69) is 34.4 Å². The molecule has 9 heteroatoms. The van der Waals surface area contributed by atoms with Gasteiger partial charge >= 0.3 is 0 Å². The summed E-state index contributed by atoms with van der Waals surface area (Å²) >= 11 is 1.42. The molecule has 2 aromatic rings. The maximum atomic E-state index is 12.0. The normalized spacial score (nSPS) is 24.7. The predicted octanol–water partition coefficient (Wildman–Crippen LogP) is 2.54. The van der Waals surface area contributed by atoms with Crippen LogP contribution in [0.2, 0.25) is 0 Å². The van der Waals surface area contributed by atoms with E-state index in [1.165, 1.54) is 11.3 Å². The summed E-state index contributed by atoms with van der Waals surface area (Å²) < 4.78 is 5.80. The van der Waals surface area contributed by atoms with Crippen LogP contribution >= 0.6 is 23.7 Å². The van der Waals surface area contributed by atoms with Crippen LogP contribution in [0.3, 0.4) is 0 Å². The van der Waals surface area contributed by atoms with Gasteiger partial charge in [0.2, 0.25) is 5.91 Å². The predicted molar refractivity (Wildman–Crippen MR) is 110 cm³/mol. The molecule has 27 heavy (non-hydrogen) atoms. The minimum Gasteiger partial charge on any atom is -0.372 e. The first-order valence-corrected chi connectivity index (χ1v) is 9.84. The lowest BCUT2D eigenvalue weighted by molar-refractivity contribution is -0.119. The molecule has 2 aliphatic rings. The maximum absolute atomic E-state index is 12.0. The fourth-order valence-corrected chi connectivity index (χ4v) is 3.97. The molecule has 0 aromatic carbocycles. The van der Waals surface area contributed by atoms with Crippen molar-refractivity contribution in [2.45, 2.75) is 38.5 Å². The van der Waals surface area contributed by atoms with Crippen molar-refractivity contribution < 1.29 is 9.53 Å². The molecule has 2 aliphatic heterocycles. The van der Waals surface area contributed by atoms with Crippen LogP contribution in [0.4, 0.5) is 10.9 Å². The molecule has 0 bridgehead atoms. The third-order valence-electron chi connectivity index (χ3n) is 4.61. The lowest BCUT2D eigenvalue weighted by Gasteiger charge is -2.36. The molecule has 7 nitrogen and oxygen atoms in total. The Morgan fingerprint density at radius 3 is 2.67 bits per heavy atom. The molecule has 0 saturated carbocycles. The van der Waals surface area contributed by atoms with Crippen LogP contribution in [0.25, 0.3) is 11.4 Å². The van der Waals surface area contributed by atoms with Crippen LogP contribution in [0, 0.1) is 0 Å². The summed E-state index contributed by atoms with van der Waals surface area (Å²) in [6, 6.07) is 5.88. The zero-order valence-electron chi connectivity index (χ0n) is 15.3. The van der Waals surface area contributed by atoms with E-state index in [0.29, 0.717) is 5.13 Å². The number of hydrogen-bond acceptors (Lipinski definition) is 7. The van der Waals surface area contributed by atoms with Gasteiger partial charge in [0.15, 0.2) is 5.13 Å². The molecule has 0 aliphatic carbocycles. The average Bonchev–Trinajstić information content (AvgIpc) is 3.01. The lowest BCUT2D eigenvalue weighted by atomic mass is 10.1. The summed E-state index contributed by atoms with van der Waals surface area (Å²) in [7, 11) is 0.